The molecule has 4 aromatic heterocycles. The Kier molecular flexibility index (Phi) is 7.29. The molecule has 286 valence electrons. The zero-order valence-electron chi connectivity index (χ0n) is 33.1. The molecule has 4 nitrogen and oxygen atoms in total. The van der Waals surface area contributed by atoms with E-state index in [4.69, 9.17) is 4.42 Å². The van der Waals surface area contributed by atoms with E-state index < -0.39 is 8.24 Å². The summed E-state index contributed by atoms with van der Waals surface area (Å²) in [5, 5.41) is 12.2. The van der Waals surface area contributed by atoms with Crippen LogP contribution in [0.1, 0.15) is 0 Å². The maximum absolute atomic E-state index is 7.07. The highest BCUT2D eigenvalue weighted by Gasteiger charge is 2.47. The van der Waals surface area contributed by atoms with Gasteiger partial charge in [0.05, 0.1) is 16.6 Å². The van der Waals surface area contributed by atoms with E-state index in [2.05, 4.69) is 238 Å². The molecule has 0 spiro atoms. The minimum absolute atomic E-state index is 0.897. The minimum atomic E-state index is -3.37. The van der Waals surface area contributed by atoms with Crippen LogP contribution in [0.2, 0.25) is 0 Å². The van der Waals surface area contributed by atoms with Gasteiger partial charge in [-0.1, -0.05) is 170 Å². The number of aromatic nitrogens is 3. The molecule has 0 aliphatic rings. The van der Waals surface area contributed by atoms with Gasteiger partial charge >= 0.3 is 0 Å². The minimum Gasteiger partial charge on any atom is -0.456 e. The average Bonchev–Trinajstić information content (AvgIpc) is 4.07. The van der Waals surface area contributed by atoms with E-state index in [1.807, 2.05) is 0 Å². The van der Waals surface area contributed by atoms with Crippen LogP contribution in [0.5, 0.6) is 0 Å². The number of para-hydroxylation sites is 6. The van der Waals surface area contributed by atoms with Crippen molar-refractivity contribution in [3.8, 4) is 11.4 Å². The Labute approximate surface area is 352 Å². The van der Waals surface area contributed by atoms with Crippen molar-refractivity contribution in [3.05, 3.63) is 224 Å². The average molecular weight is 796 g/mol. The summed E-state index contributed by atoms with van der Waals surface area (Å²) in [6.45, 7) is 0. The van der Waals surface area contributed by atoms with E-state index in [9.17, 15) is 0 Å². The fourth-order valence-corrected chi connectivity index (χ4v) is 15.5. The summed E-state index contributed by atoms with van der Waals surface area (Å²) in [7, 11) is -3.37. The largest absolute Gasteiger partial charge is 0.456 e. The molecule has 0 aliphatic carbocycles. The van der Waals surface area contributed by atoms with Gasteiger partial charge in [0, 0.05) is 59.8 Å². The molecule has 0 atom stereocenters. The Hall–Kier alpha value is -7.86. The van der Waals surface area contributed by atoms with E-state index in [0.717, 1.165) is 33.3 Å². The van der Waals surface area contributed by atoms with Crippen molar-refractivity contribution in [2.24, 2.45) is 0 Å². The normalized spacial score (nSPS) is 12.3. The Bertz CT molecular complexity index is 3780. The van der Waals surface area contributed by atoms with E-state index in [1.165, 1.54) is 70.2 Å². The summed E-state index contributed by atoms with van der Waals surface area (Å²) in [5.74, 6) is 0. The number of hydrogen-bond donors (Lipinski definition) is 0. The summed E-state index contributed by atoms with van der Waals surface area (Å²) < 4.78 is 14.8. The molecule has 61 heavy (non-hydrogen) atoms. The van der Waals surface area contributed by atoms with Crippen LogP contribution in [0.15, 0.2) is 229 Å². The van der Waals surface area contributed by atoms with Crippen LogP contribution in [0.3, 0.4) is 0 Å². The molecule has 5 heteroatoms. The van der Waals surface area contributed by atoms with Crippen molar-refractivity contribution in [1.29, 1.82) is 0 Å². The fraction of sp³-hybridized carbons (Fsp3) is 0. The van der Waals surface area contributed by atoms with Gasteiger partial charge in [-0.15, -0.1) is 0 Å². The van der Waals surface area contributed by atoms with E-state index in [1.54, 1.807) is 0 Å². The molecule has 0 radical (unpaired) electrons. The van der Waals surface area contributed by atoms with Crippen molar-refractivity contribution in [3.63, 3.8) is 0 Å². The molecule has 13 aromatic rings. The topological polar surface area (TPSA) is 27.9 Å². The zero-order valence-corrected chi connectivity index (χ0v) is 34.1. The lowest BCUT2D eigenvalue weighted by Gasteiger charge is -2.36. The van der Waals surface area contributed by atoms with Crippen LogP contribution in [0.4, 0.5) is 0 Å². The first kappa shape index (κ1) is 34.0. The number of benzene rings is 9. The first-order chi connectivity index (χ1) is 30.3. The lowest BCUT2D eigenvalue weighted by atomic mass is 10.1. The van der Waals surface area contributed by atoms with Crippen molar-refractivity contribution >= 4 is 100 Å². The summed E-state index contributed by atoms with van der Waals surface area (Å²) >= 11 is 0. The van der Waals surface area contributed by atoms with E-state index >= 15 is 0 Å². The molecule has 0 N–H and O–H groups in total. The zero-order chi connectivity index (χ0) is 40.1. The molecule has 4 heterocycles. The molecule has 0 saturated heterocycles. The van der Waals surface area contributed by atoms with Crippen LogP contribution < -0.4 is 15.6 Å². The van der Waals surface area contributed by atoms with Gasteiger partial charge < -0.3 is 13.2 Å². The quantitative estimate of drug-likeness (QED) is 0.122. The summed E-state index contributed by atoms with van der Waals surface area (Å²) in [6.07, 6.45) is 0. The van der Waals surface area contributed by atoms with Crippen LogP contribution in [-0.2, 0) is 0 Å². The highest BCUT2D eigenvalue weighted by atomic mass is 28.3. The number of furan rings is 1. The Morgan fingerprint density at radius 2 is 0.869 bits per heavy atom. The number of fused-ring (bicyclic) bond motifs is 11. The molecule has 0 amide bonds. The van der Waals surface area contributed by atoms with Crippen LogP contribution in [0.25, 0.3) is 88.0 Å². The lowest BCUT2D eigenvalue weighted by molar-refractivity contribution is 0.671. The number of nitrogens with zero attached hydrogens (tertiary/aromatic N) is 3. The molecule has 0 bridgehead atoms. The molecular weight excluding hydrogens is 759 g/mol. The van der Waals surface area contributed by atoms with E-state index in [0.29, 0.717) is 0 Å². The third-order valence-corrected chi connectivity index (χ3v) is 17.6. The number of hydrogen-bond acceptors (Lipinski definition) is 1. The standard InChI is InChI=1S/C56H37N3OSi/c1-4-19-38(20-5-1)57-48-30-14-10-25-42(48)47-37-39(35-36-50(47)57)58-49-31-15-11-27-45(49)54-46-28-12-16-32-51(46)59(56(54)58)61(40-21-6-2-7-22-40,41-23-8-3-9-24-41)53-34-18-29-44-43-26-13-17-33-52(43)60-55(44)53/h1-37H. The molecule has 0 fully saturated rings. The fourth-order valence-electron chi connectivity index (χ4n) is 10.5. The summed E-state index contributed by atoms with van der Waals surface area (Å²) in [6, 6.07) is 82.3. The van der Waals surface area contributed by atoms with Crippen molar-refractivity contribution in [2.75, 3.05) is 0 Å². The van der Waals surface area contributed by atoms with Crippen LogP contribution in [0, 0.1) is 0 Å². The van der Waals surface area contributed by atoms with Crippen LogP contribution in [-0.4, -0.2) is 21.6 Å². The van der Waals surface area contributed by atoms with Gasteiger partial charge in [0.2, 0.25) is 0 Å². The third kappa shape index (κ3) is 4.69. The summed E-state index contributed by atoms with van der Waals surface area (Å²) in [4.78, 5) is 0. The van der Waals surface area contributed by atoms with Gasteiger partial charge in [-0.3, -0.25) is 4.57 Å². The smallest absolute Gasteiger partial charge is 0.262 e. The monoisotopic (exact) mass is 795 g/mol. The Morgan fingerprint density at radius 3 is 1.57 bits per heavy atom. The molecule has 9 aromatic carbocycles. The summed E-state index contributed by atoms with van der Waals surface area (Å²) in [5.41, 5.74) is 10.0. The van der Waals surface area contributed by atoms with Gasteiger partial charge in [-0.2, -0.15) is 0 Å². The Balaban J connectivity index is 1.24. The van der Waals surface area contributed by atoms with Crippen molar-refractivity contribution in [2.45, 2.75) is 0 Å². The van der Waals surface area contributed by atoms with E-state index in [-0.39, 0.29) is 0 Å². The second-order valence-corrected chi connectivity index (χ2v) is 19.6. The predicted octanol–water partition coefficient (Wildman–Crippen LogP) is 12.3. The second kappa shape index (κ2) is 13.1. The van der Waals surface area contributed by atoms with Crippen molar-refractivity contribution < 1.29 is 4.42 Å². The van der Waals surface area contributed by atoms with Crippen molar-refractivity contribution in [1.82, 2.24) is 13.4 Å². The number of rotatable bonds is 6. The third-order valence-electron chi connectivity index (χ3n) is 12.9. The molecule has 0 aliphatic heterocycles. The van der Waals surface area contributed by atoms with Gasteiger partial charge in [0.1, 0.15) is 16.8 Å². The molecule has 0 saturated carbocycles. The molecular formula is C56H37N3OSi. The highest BCUT2D eigenvalue weighted by molar-refractivity contribution is 7.12. The van der Waals surface area contributed by atoms with Crippen LogP contribution >= 0.6 is 0 Å². The lowest BCUT2D eigenvalue weighted by Crippen LogP contribution is -2.72. The van der Waals surface area contributed by atoms with Gasteiger partial charge in [0.25, 0.3) is 8.24 Å². The molecule has 13 rings (SSSR count). The van der Waals surface area contributed by atoms with Gasteiger partial charge in [-0.25, -0.2) is 0 Å². The maximum atomic E-state index is 7.07. The second-order valence-electron chi connectivity index (χ2n) is 16.0. The first-order valence-electron chi connectivity index (χ1n) is 20.9. The van der Waals surface area contributed by atoms with Gasteiger partial charge in [0.15, 0.2) is 0 Å². The molecule has 0 unspecified atom stereocenters. The highest BCUT2D eigenvalue weighted by Crippen LogP contribution is 2.43. The maximum Gasteiger partial charge on any atom is 0.262 e. The van der Waals surface area contributed by atoms with Gasteiger partial charge in [-0.05, 0) is 65.0 Å². The first-order valence-corrected chi connectivity index (χ1v) is 22.9. The Morgan fingerprint density at radius 1 is 0.344 bits per heavy atom. The SMILES string of the molecule is c1ccc(-n2c3ccccc3c3cc(-n4c5ccccc5c5c6ccccc6n([Si](c6ccccc6)(c6ccccc6)c6cccc7c6oc6ccccc67)c54)ccc32)cc1. The predicted molar refractivity (Wildman–Crippen MR) is 257 cm³/mol.